The zero-order chi connectivity index (χ0) is 52.9. The van der Waals surface area contributed by atoms with Crippen molar-refractivity contribution in [2.45, 2.75) is 197 Å². The fourth-order valence-electron chi connectivity index (χ4n) is 10.8. The van der Waals surface area contributed by atoms with Gasteiger partial charge in [-0.15, -0.1) is 5.10 Å². The molecule has 2 aromatic rings. The number of amides is 3. The number of carbonyl (C=O) groups excluding carboxylic acids is 4. The van der Waals surface area contributed by atoms with E-state index in [9.17, 15) is 44.7 Å². The number of aromatic nitrogens is 4. The lowest BCUT2D eigenvalue weighted by Gasteiger charge is -2.49. The van der Waals surface area contributed by atoms with Gasteiger partial charge in [-0.3, -0.25) is 23.9 Å². The Bertz CT molecular complexity index is 2090. The van der Waals surface area contributed by atoms with Gasteiger partial charge in [0.1, 0.15) is 66.9 Å². The minimum atomic E-state index is -1.65. The molecule has 5 heterocycles. The molecule has 0 aromatic carbocycles. The van der Waals surface area contributed by atoms with E-state index >= 15 is 0 Å². The Morgan fingerprint density at radius 1 is 0.919 bits per heavy atom. The first-order valence-corrected chi connectivity index (χ1v) is 26.6. The molecule has 3 amide bonds. The lowest BCUT2D eigenvalue weighted by atomic mass is 9.74. The van der Waals surface area contributed by atoms with Crippen LogP contribution in [0, 0.1) is 17.8 Å². The molecule has 3 aliphatic heterocycles. The highest BCUT2D eigenvalue weighted by atomic mass is 16.7. The molecule has 23 heteroatoms. The smallest absolute Gasteiger partial charge is 0.252 e. The van der Waals surface area contributed by atoms with E-state index in [1.165, 1.54) is 20.0 Å². The van der Waals surface area contributed by atoms with Crippen LogP contribution in [-0.4, -0.2) is 194 Å². The van der Waals surface area contributed by atoms with E-state index < -0.39 is 104 Å². The van der Waals surface area contributed by atoms with Gasteiger partial charge in [0.2, 0.25) is 11.8 Å². The number of ether oxygens (including phenoxy) is 7. The van der Waals surface area contributed by atoms with Crippen molar-refractivity contribution in [3.8, 4) is 5.88 Å². The lowest BCUT2D eigenvalue weighted by molar-refractivity contribution is -0.338. The predicted octanol–water partition coefficient (Wildman–Crippen LogP) is 0.941. The second-order valence-electron chi connectivity index (χ2n) is 20.6. The Morgan fingerprint density at radius 3 is 2.38 bits per heavy atom. The van der Waals surface area contributed by atoms with Gasteiger partial charge in [0, 0.05) is 71.4 Å². The lowest BCUT2D eigenvalue weighted by Crippen LogP contribution is -2.67. The highest BCUT2D eigenvalue weighted by Gasteiger charge is 2.53. The second-order valence-corrected chi connectivity index (χ2v) is 20.6. The molecule has 23 nitrogen and oxygen atoms in total. The maximum atomic E-state index is 14.2. The number of Topliss-reactive ketones (excluding diaryl/α,β-unsaturated/α-hetero) is 1. The molecule has 414 valence electrons. The van der Waals surface area contributed by atoms with Crippen molar-refractivity contribution in [3.63, 3.8) is 0 Å². The molecule has 5 fully saturated rings. The Labute approximate surface area is 432 Å². The van der Waals surface area contributed by atoms with Gasteiger partial charge >= 0.3 is 0 Å². The molecule has 6 unspecified atom stereocenters. The summed E-state index contributed by atoms with van der Waals surface area (Å²) in [5.41, 5.74) is 0.921. The van der Waals surface area contributed by atoms with Crippen molar-refractivity contribution < 1.29 is 77.9 Å². The molecular weight excluding hydrogens is 967 g/mol. The SMILES string of the molecule is CCC1CC(C(=O)CCCNC(=O)c2ccc(OCc3cn(CCCOC)nn3)nc2)C[C@@H](O[C@@H]2O[C@@H](CO)[C@H](O)C(O[C@@H](CC3CCCCC3)C(=O)N3CCC3)C2NC(C)=O)[C@@H]1O[C@@H]1OC(C)[C@@H](O)[C@H](O)C1O. The normalized spacial score (nSPS) is 32.0. The Hall–Kier alpha value is -4.27. The maximum absolute atomic E-state index is 14.2. The monoisotopic (exact) mass is 1050 g/mol. The van der Waals surface area contributed by atoms with Crippen molar-refractivity contribution in [1.82, 2.24) is 35.5 Å². The molecule has 7 rings (SSSR count). The van der Waals surface area contributed by atoms with Crippen LogP contribution < -0.4 is 15.4 Å². The first-order chi connectivity index (χ1) is 35.7. The van der Waals surface area contributed by atoms with Gasteiger partial charge in [0.15, 0.2) is 12.6 Å². The number of carbonyl (C=O) groups is 4. The topological polar surface area (TPSA) is 305 Å². The number of aryl methyl sites for hydroxylation is 1. The molecule has 0 bridgehead atoms. The van der Waals surface area contributed by atoms with Gasteiger partial charge in [0.05, 0.1) is 36.7 Å². The fraction of sp³-hybridized carbons (Fsp3) is 0.784. The number of ketones is 1. The molecule has 5 aliphatic rings. The van der Waals surface area contributed by atoms with Crippen LogP contribution in [0.1, 0.15) is 120 Å². The van der Waals surface area contributed by atoms with E-state index in [0.717, 1.165) is 44.9 Å². The number of hydrogen-bond donors (Lipinski definition) is 7. The van der Waals surface area contributed by atoms with Crippen LogP contribution in [0.4, 0.5) is 0 Å². The summed E-state index contributed by atoms with van der Waals surface area (Å²) in [6.07, 6.45) is -3.76. The average Bonchev–Trinajstić information content (AvgIpc) is 3.84. The average molecular weight is 1050 g/mol. The molecule has 2 aliphatic carbocycles. The third-order valence-electron chi connectivity index (χ3n) is 15.2. The third kappa shape index (κ3) is 15.0. The van der Waals surface area contributed by atoms with Crippen molar-refractivity contribution in [1.29, 1.82) is 0 Å². The first-order valence-electron chi connectivity index (χ1n) is 26.6. The summed E-state index contributed by atoms with van der Waals surface area (Å²) >= 11 is 0. The van der Waals surface area contributed by atoms with Gasteiger partial charge in [-0.1, -0.05) is 50.7 Å². The van der Waals surface area contributed by atoms with Gasteiger partial charge in [-0.05, 0) is 63.4 Å². The van der Waals surface area contributed by atoms with Crippen LogP contribution in [0.2, 0.25) is 0 Å². The number of nitrogens with one attached hydrogen (secondary N) is 2. The summed E-state index contributed by atoms with van der Waals surface area (Å²) in [7, 11) is 1.64. The number of likely N-dealkylation sites (tertiary alicyclic amines) is 1. The zero-order valence-corrected chi connectivity index (χ0v) is 43.2. The third-order valence-corrected chi connectivity index (χ3v) is 15.2. The first kappa shape index (κ1) is 57.4. The highest BCUT2D eigenvalue weighted by Crippen LogP contribution is 2.41. The van der Waals surface area contributed by atoms with E-state index in [2.05, 4.69) is 25.9 Å². The van der Waals surface area contributed by atoms with Crippen LogP contribution in [0.15, 0.2) is 24.5 Å². The Kier molecular flexibility index (Phi) is 21.5. The summed E-state index contributed by atoms with van der Waals surface area (Å²) < 4.78 is 44.7. The summed E-state index contributed by atoms with van der Waals surface area (Å²) in [6, 6.07) is 1.95. The van der Waals surface area contributed by atoms with Gasteiger partial charge in [-0.2, -0.15) is 0 Å². The van der Waals surface area contributed by atoms with E-state index in [0.29, 0.717) is 69.1 Å². The number of aliphatic hydroxyl groups is 5. The molecular formula is C51H79N7O16. The molecule has 2 saturated carbocycles. The standard InChI is InChI=1S/C51H79N7O16/c1-5-32-23-34(36(61)14-9-17-52-48(66)33-15-16-40(53-25-33)69-28-35-26-58(56-55-35)20-11-21-68-4)24-37(46(32)74-51-45(65)44(64)42(62)29(2)70-51)72-50-41(54-30(3)60)47(43(63)39(27-59)73-50)71-38(49(67)57-18-10-19-57)22-31-12-7-6-8-13-31/h15-16,25-26,29,31-32,34,37-39,41-47,50-51,59,62-65H,5-14,17-24,27-28H2,1-4H3,(H,52,66)(H,54,60)/t29?,32?,34?,37-,38+,39+,41?,42-,43+,44+,45?,46-,47?,50-,51+/m1/s1. The Morgan fingerprint density at radius 2 is 1.70 bits per heavy atom. The molecule has 2 aromatic heterocycles. The van der Waals surface area contributed by atoms with Crippen molar-refractivity contribution in [2.24, 2.45) is 17.8 Å². The number of nitrogens with zero attached hydrogens (tertiary/aromatic N) is 5. The van der Waals surface area contributed by atoms with E-state index in [1.54, 1.807) is 35.0 Å². The fourth-order valence-corrected chi connectivity index (χ4v) is 10.8. The van der Waals surface area contributed by atoms with E-state index in [-0.39, 0.29) is 49.5 Å². The number of pyridine rings is 1. The van der Waals surface area contributed by atoms with E-state index in [4.69, 9.17) is 33.2 Å². The van der Waals surface area contributed by atoms with Gasteiger partial charge in [0.25, 0.3) is 11.8 Å². The van der Waals surface area contributed by atoms with Crippen molar-refractivity contribution in [2.75, 3.05) is 40.0 Å². The quantitative estimate of drug-likeness (QED) is 0.0681. The molecule has 0 spiro atoms. The summed E-state index contributed by atoms with van der Waals surface area (Å²) in [5, 5.41) is 68.6. The van der Waals surface area contributed by atoms with Crippen LogP contribution in [0.5, 0.6) is 5.88 Å². The Balaban J connectivity index is 1.03. The molecule has 3 saturated heterocycles. The molecule has 15 atom stereocenters. The highest BCUT2D eigenvalue weighted by molar-refractivity contribution is 5.94. The largest absolute Gasteiger partial charge is 0.471 e. The van der Waals surface area contributed by atoms with Crippen LogP contribution in [0.25, 0.3) is 0 Å². The molecule has 74 heavy (non-hydrogen) atoms. The van der Waals surface area contributed by atoms with Crippen molar-refractivity contribution in [3.05, 3.63) is 35.8 Å². The zero-order valence-electron chi connectivity index (χ0n) is 43.2. The summed E-state index contributed by atoms with van der Waals surface area (Å²) in [5.74, 6) is -1.69. The maximum Gasteiger partial charge on any atom is 0.252 e. The minimum Gasteiger partial charge on any atom is -0.471 e. The van der Waals surface area contributed by atoms with Crippen LogP contribution >= 0.6 is 0 Å². The number of methoxy groups -OCH3 is 1. The van der Waals surface area contributed by atoms with Gasteiger partial charge < -0.3 is 74.2 Å². The van der Waals surface area contributed by atoms with Crippen LogP contribution in [0.3, 0.4) is 0 Å². The summed E-state index contributed by atoms with van der Waals surface area (Å²) in [4.78, 5) is 60.3. The number of aliphatic hydroxyl groups excluding tert-OH is 5. The number of rotatable bonds is 25. The number of hydrogen-bond acceptors (Lipinski definition) is 19. The van der Waals surface area contributed by atoms with E-state index in [1.807, 2.05) is 6.92 Å². The molecule has 0 radical (unpaired) electrons. The predicted molar refractivity (Wildman–Crippen MR) is 261 cm³/mol. The summed E-state index contributed by atoms with van der Waals surface area (Å²) in [6.45, 7) is 6.82. The second kappa shape index (κ2) is 27.7. The van der Waals surface area contributed by atoms with Crippen LogP contribution in [-0.2, 0) is 56.0 Å². The van der Waals surface area contributed by atoms with Gasteiger partial charge in [-0.25, -0.2) is 4.98 Å². The minimum absolute atomic E-state index is 0.0606. The van der Waals surface area contributed by atoms with Crippen molar-refractivity contribution >= 4 is 23.5 Å². The molecule has 7 N–H and O–H groups in total.